The highest BCUT2D eigenvalue weighted by molar-refractivity contribution is 7.89. The molecule has 1 aliphatic rings. The van der Waals surface area contributed by atoms with Gasteiger partial charge in [-0.3, -0.25) is 4.99 Å². The Balaban J connectivity index is 1.89. The molecule has 1 saturated carbocycles. The van der Waals surface area contributed by atoms with Gasteiger partial charge in [-0.25, -0.2) is 17.5 Å². The molecule has 0 aliphatic heterocycles. The van der Waals surface area contributed by atoms with E-state index < -0.39 is 10.0 Å². The third-order valence-electron chi connectivity index (χ3n) is 4.84. The predicted molar refractivity (Wildman–Crippen MR) is 108 cm³/mol. The number of sulfonamides is 1. The Kier molecular flexibility index (Phi) is 8.04. The van der Waals surface area contributed by atoms with Crippen molar-refractivity contribution in [1.29, 1.82) is 0 Å². The summed E-state index contributed by atoms with van der Waals surface area (Å²) in [5, 5.41) is 6.29. The van der Waals surface area contributed by atoms with Gasteiger partial charge in [0.1, 0.15) is 5.82 Å². The molecule has 1 aliphatic carbocycles. The summed E-state index contributed by atoms with van der Waals surface area (Å²) in [6.07, 6.45) is 3.40. The van der Waals surface area contributed by atoms with Crippen LogP contribution in [-0.2, 0) is 10.0 Å². The first-order valence-electron chi connectivity index (χ1n) is 9.59. The zero-order chi connectivity index (χ0) is 19.9. The van der Waals surface area contributed by atoms with E-state index in [2.05, 4.69) is 20.3 Å². The molecule has 0 heterocycles. The van der Waals surface area contributed by atoms with Crippen molar-refractivity contribution in [3.8, 4) is 0 Å². The molecule has 27 heavy (non-hydrogen) atoms. The maximum Gasteiger partial charge on any atom is 0.213 e. The second-order valence-corrected chi connectivity index (χ2v) is 9.03. The van der Waals surface area contributed by atoms with E-state index in [1.165, 1.54) is 12.5 Å². The minimum absolute atomic E-state index is 0.0518. The first kappa shape index (κ1) is 21.6. The molecule has 0 radical (unpaired) electrons. The maximum atomic E-state index is 13.8. The van der Waals surface area contributed by atoms with E-state index >= 15 is 0 Å². The number of nitrogens with one attached hydrogen (secondary N) is 3. The summed E-state index contributed by atoms with van der Waals surface area (Å²) in [5.41, 5.74) is 1.41. The van der Waals surface area contributed by atoms with Gasteiger partial charge in [0.2, 0.25) is 10.0 Å². The molecule has 0 amide bonds. The third-order valence-corrected chi connectivity index (χ3v) is 6.17. The summed E-state index contributed by atoms with van der Waals surface area (Å²) < 4.78 is 40.6. The summed E-state index contributed by atoms with van der Waals surface area (Å²) in [6.45, 7) is 6.90. The second kappa shape index (κ2) is 10.0. The first-order chi connectivity index (χ1) is 12.8. The number of hydrogen-bond donors (Lipinski definition) is 3. The Morgan fingerprint density at radius 2 is 2.11 bits per heavy atom. The Bertz CT molecular complexity index is 748. The summed E-state index contributed by atoms with van der Waals surface area (Å²) in [6, 6.07) is 4.96. The van der Waals surface area contributed by atoms with E-state index in [-0.39, 0.29) is 24.2 Å². The second-order valence-electron chi connectivity index (χ2n) is 7.10. The highest BCUT2D eigenvalue weighted by atomic mass is 32.2. The van der Waals surface area contributed by atoms with E-state index in [0.29, 0.717) is 30.5 Å². The summed E-state index contributed by atoms with van der Waals surface area (Å²) >= 11 is 0. The maximum absolute atomic E-state index is 13.8. The quantitative estimate of drug-likeness (QED) is 0.441. The molecule has 1 unspecified atom stereocenters. The molecule has 1 aromatic carbocycles. The fourth-order valence-electron chi connectivity index (χ4n) is 2.78. The largest absolute Gasteiger partial charge is 0.357 e. The standard InChI is InChI=1S/C19H31FN4O2S/c1-4-21-19(24-15(3)17-9-8-14(2)18(20)12-17)22-10-11-27(25,26)23-13-16-6-5-7-16/h8-9,12,15-16,23H,4-7,10-11,13H2,1-3H3,(H2,21,22,24). The SMILES string of the molecule is CCNC(=NCCS(=O)(=O)NCC1CCC1)NC(C)c1ccc(C)c(F)c1. The van der Waals surface area contributed by atoms with E-state index in [9.17, 15) is 12.8 Å². The van der Waals surface area contributed by atoms with Gasteiger partial charge < -0.3 is 10.6 Å². The fraction of sp³-hybridized carbons (Fsp3) is 0.632. The molecule has 1 aromatic rings. The molecule has 6 nitrogen and oxygen atoms in total. The summed E-state index contributed by atoms with van der Waals surface area (Å²) in [5.74, 6) is 0.703. The molecule has 0 saturated heterocycles. The zero-order valence-corrected chi connectivity index (χ0v) is 17.2. The third kappa shape index (κ3) is 7.10. The van der Waals surface area contributed by atoms with Crippen LogP contribution in [0.1, 0.15) is 50.3 Å². The lowest BCUT2D eigenvalue weighted by Crippen LogP contribution is -2.39. The minimum Gasteiger partial charge on any atom is -0.357 e. The molecule has 1 fully saturated rings. The van der Waals surface area contributed by atoms with Gasteiger partial charge in [0.05, 0.1) is 18.3 Å². The van der Waals surface area contributed by atoms with Crippen LogP contribution in [0.4, 0.5) is 4.39 Å². The van der Waals surface area contributed by atoms with Gasteiger partial charge >= 0.3 is 0 Å². The molecular formula is C19H31FN4O2S. The number of aryl methyl sites for hydroxylation is 1. The van der Waals surface area contributed by atoms with Crippen LogP contribution in [0, 0.1) is 18.7 Å². The van der Waals surface area contributed by atoms with Crippen molar-refractivity contribution in [2.24, 2.45) is 10.9 Å². The van der Waals surface area contributed by atoms with Gasteiger partial charge in [0, 0.05) is 13.1 Å². The van der Waals surface area contributed by atoms with Crippen LogP contribution in [0.25, 0.3) is 0 Å². The topological polar surface area (TPSA) is 82.6 Å². The number of benzene rings is 1. The lowest BCUT2D eigenvalue weighted by molar-refractivity contribution is 0.316. The monoisotopic (exact) mass is 398 g/mol. The summed E-state index contributed by atoms with van der Waals surface area (Å²) in [4.78, 5) is 4.35. The molecule has 0 aromatic heterocycles. The normalized spacial score (nSPS) is 16.7. The van der Waals surface area contributed by atoms with Gasteiger partial charge in [0.15, 0.2) is 5.96 Å². The predicted octanol–water partition coefficient (Wildman–Crippen LogP) is 2.47. The molecule has 0 bridgehead atoms. The minimum atomic E-state index is -3.32. The van der Waals surface area contributed by atoms with Gasteiger partial charge in [-0.15, -0.1) is 0 Å². The number of hydrogen-bond acceptors (Lipinski definition) is 3. The number of halogens is 1. The highest BCUT2D eigenvalue weighted by Gasteiger charge is 2.20. The van der Waals surface area contributed by atoms with E-state index in [0.717, 1.165) is 18.4 Å². The highest BCUT2D eigenvalue weighted by Crippen LogP contribution is 2.25. The Morgan fingerprint density at radius 1 is 1.37 bits per heavy atom. The lowest BCUT2D eigenvalue weighted by Gasteiger charge is -2.25. The van der Waals surface area contributed by atoms with Crippen LogP contribution in [0.15, 0.2) is 23.2 Å². The van der Waals surface area contributed by atoms with Gasteiger partial charge in [0.25, 0.3) is 0 Å². The van der Waals surface area contributed by atoms with Gasteiger partial charge in [-0.1, -0.05) is 18.6 Å². The average Bonchev–Trinajstić information content (AvgIpc) is 2.55. The Labute approximate surface area is 162 Å². The van der Waals surface area contributed by atoms with Crippen LogP contribution >= 0.6 is 0 Å². The van der Waals surface area contributed by atoms with Crippen LogP contribution in [0.2, 0.25) is 0 Å². The lowest BCUT2D eigenvalue weighted by atomic mass is 9.86. The van der Waals surface area contributed by atoms with E-state index in [1.807, 2.05) is 19.9 Å². The van der Waals surface area contributed by atoms with Crippen molar-refractivity contribution in [2.75, 3.05) is 25.4 Å². The Morgan fingerprint density at radius 3 is 2.70 bits per heavy atom. The van der Waals surface area contributed by atoms with Crippen LogP contribution < -0.4 is 15.4 Å². The number of aliphatic imine (C=N–C) groups is 1. The number of nitrogens with zero attached hydrogens (tertiary/aromatic N) is 1. The van der Waals surface area contributed by atoms with Gasteiger partial charge in [-0.05, 0) is 56.7 Å². The molecule has 8 heteroatoms. The molecule has 152 valence electrons. The van der Waals surface area contributed by atoms with Crippen LogP contribution in [-0.4, -0.2) is 39.8 Å². The number of guanidine groups is 1. The van der Waals surface area contributed by atoms with E-state index in [4.69, 9.17) is 0 Å². The van der Waals surface area contributed by atoms with Crippen LogP contribution in [0.3, 0.4) is 0 Å². The Hall–Kier alpha value is -1.67. The van der Waals surface area contributed by atoms with Crippen molar-refractivity contribution in [3.05, 3.63) is 35.1 Å². The molecule has 2 rings (SSSR count). The van der Waals surface area contributed by atoms with Crippen molar-refractivity contribution >= 4 is 16.0 Å². The zero-order valence-electron chi connectivity index (χ0n) is 16.4. The summed E-state index contributed by atoms with van der Waals surface area (Å²) in [7, 11) is -3.32. The smallest absolute Gasteiger partial charge is 0.213 e. The van der Waals surface area contributed by atoms with E-state index in [1.54, 1.807) is 13.0 Å². The van der Waals surface area contributed by atoms with Gasteiger partial charge in [-0.2, -0.15) is 0 Å². The van der Waals surface area contributed by atoms with Crippen molar-refractivity contribution in [3.63, 3.8) is 0 Å². The average molecular weight is 399 g/mol. The molecule has 1 atom stereocenters. The van der Waals surface area contributed by atoms with Crippen molar-refractivity contribution in [1.82, 2.24) is 15.4 Å². The fourth-order valence-corrected chi connectivity index (χ4v) is 3.74. The molecular weight excluding hydrogens is 367 g/mol. The number of rotatable bonds is 9. The molecule has 3 N–H and O–H groups in total. The van der Waals surface area contributed by atoms with Crippen molar-refractivity contribution in [2.45, 2.75) is 46.1 Å². The van der Waals surface area contributed by atoms with Crippen molar-refractivity contribution < 1.29 is 12.8 Å². The molecule has 0 spiro atoms. The first-order valence-corrected chi connectivity index (χ1v) is 11.2. The van der Waals surface area contributed by atoms with Crippen LogP contribution in [0.5, 0.6) is 0 Å².